The monoisotopic (exact) mass is 295 g/mol. The first-order chi connectivity index (χ1) is 10.1. The fraction of sp³-hybridized carbons (Fsp3) is 0.941. The molecule has 2 atom stereocenters. The number of carbonyl (C=O) groups excluding carboxylic acids is 1. The topological polar surface area (TPSA) is 58.4 Å². The van der Waals surface area contributed by atoms with E-state index in [0.29, 0.717) is 18.6 Å². The van der Waals surface area contributed by atoms with Gasteiger partial charge in [0.05, 0.1) is 5.41 Å². The van der Waals surface area contributed by atoms with Crippen molar-refractivity contribution in [3.8, 4) is 0 Å². The Labute approximate surface area is 129 Å². The number of carbonyl (C=O) groups is 1. The van der Waals surface area contributed by atoms with Crippen LogP contribution in [0.3, 0.4) is 0 Å². The normalized spacial score (nSPS) is 26.6. The highest BCUT2D eigenvalue weighted by Crippen LogP contribution is 2.31. The number of hydrogen-bond acceptors (Lipinski definition) is 3. The van der Waals surface area contributed by atoms with E-state index >= 15 is 0 Å². The van der Waals surface area contributed by atoms with Gasteiger partial charge in [-0.15, -0.1) is 0 Å². The molecule has 2 rings (SSSR count). The molecule has 1 amide bonds. The van der Waals surface area contributed by atoms with Crippen LogP contribution in [0, 0.1) is 5.41 Å². The number of fused-ring (bicyclic) bond motifs is 1. The molecule has 0 radical (unpaired) electrons. The van der Waals surface area contributed by atoms with Gasteiger partial charge in [-0.1, -0.05) is 26.7 Å². The predicted octanol–water partition coefficient (Wildman–Crippen LogP) is 2.27. The van der Waals surface area contributed by atoms with Gasteiger partial charge in [-0.25, -0.2) is 0 Å². The minimum absolute atomic E-state index is 0.213. The van der Waals surface area contributed by atoms with E-state index in [1.807, 2.05) is 0 Å². The lowest BCUT2D eigenvalue weighted by Gasteiger charge is -2.38. The molecule has 2 heterocycles. The molecule has 0 saturated carbocycles. The molecule has 2 aliphatic rings. The van der Waals surface area contributed by atoms with Crippen molar-refractivity contribution in [2.45, 2.75) is 77.3 Å². The van der Waals surface area contributed by atoms with Gasteiger partial charge in [-0.3, -0.25) is 4.79 Å². The largest absolute Gasteiger partial charge is 0.353 e. The molecule has 0 bridgehead atoms. The van der Waals surface area contributed by atoms with Crippen LogP contribution in [0.1, 0.15) is 65.2 Å². The van der Waals surface area contributed by atoms with Crippen molar-refractivity contribution in [1.29, 1.82) is 0 Å². The van der Waals surface area contributed by atoms with Crippen molar-refractivity contribution in [2.75, 3.05) is 19.6 Å². The second-order valence-electron chi connectivity index (χ2n) is 7.01. The Morgan fingerprint density at radius 1 is 1.24 bits per heavy atom. The zero-order valence-corrected chi connectivity index (χ0v) is 13.9. The van der Waals surface area contributed by atoms with Crippen LogP contribution in [-0.4, -0.2) is 42.5 Å². The summed E-state index contributed by atoms with van der Waals surface area (Å²) in [6, 6.07) is 1.06. The van der Waals surface area contributed by atoms with Crippen molar-refractivity contribution < 1.29 is 4.79 Å². The summed E-state index contributed by atoms with van der Waals surface area (Å²) in [4.78, 5) is 15.4. The summed E-state index contributed by atoms with van der Waals surface area (Å²) in [6.45, 7) is 7.16. The number of amides is 1. The van der Waals surface area contributed by atoms with Gasteiger partial charge in [-0.05, 0) is 45.1 Å². The molecular formula is C17H33N3O. The Kier molecular flexibility index (Phi) is 6.06. The van der Waals surface area contributed by atoms with Gasteiger partial charge < -0.3 is 16.0 Å². The van der Waals surface area contributed by atoms with Crippen molar-refractivity contribution >= 4 is 5.91 Å². The lowest BCUT2D eigenvalue weighted by molar-refractivity contribution is -0.132. The first kappa shape index (κ1) is 16.8. The van der Waals surface area contributed by atoms with Crippen molar-refractivity contribution in [1.82, 2.24) is 10.2 Å². The minimum atomic E-state index is -0.337. The molecular weight excluding hydrogens is 262 g/mol. The van der Waals surface area contributed by atoms with Crippen molar-refractivity contribution in [3.05, 3.63) is 0 Å². The van der Waals surface area contributed by atoms with E-state index in [0.717, 1.165) is 45.1 Å². The highest BCUT2D eigenvalue weighted by Gasteiger charge is 2.38. The molecule has 2 unspecified atom stereocenters. The van der Waals surface area contributed by atoms with Crippen molar-refractivity contribution in [3.63, 3.8) is 0 Å². The Morgan fingerprint density at radius 3 is 2.57 bits per heavy atom. The van der Waals surface area contributed by atoms with Crippen LogP contribution in [0.25, 0.3) is 0 Å². The number of rotatable bonds is 7. The summed E-state index contributed by atoms with van der Waals surface area (Å²) < 4.78 is 0. The second kappa shape index (κ2) is 7.59. The molecule has 0 spiro atoms. The molecule has 4 heteroatoms. The molecule has 122 valence electrons. The van der Waals surface area contributed by atoms with Gasteiger partial charge in [0.1, 0.15) is 0 Å². The average molecular weight is 295 g/mol. The Morgan fingerprint density at radius 2 is 1.95 bits per heavy atom. The minimum Gasteiger partial charge on any atom is -0.353 e. The molecule has 3 N–H and O–H groups in total. The quantitative estimate of drug-likeness (QED) is 0.757. The smallest absolute Gasteiger partial charge is 0.227 e. The molecule has 0 aliphatic carbocycles. The molecule has 4 nitrogen and oxygen atoms in total. The van der Waals surface area contributed by atoms with Gasteiger partial charge >= 0.3 is 0 Å². The highest BCUT2D eigenvalue weighted by atomic mass is 16.2. The number of nitrogens with two attached hydrogens (primary N) is 1. The third kappa shape index (κ3) is 3.78. The lowest BCUT2D eigenvalue weighted by atomic mass is 9.78. The standard InChI is InChI=1S/C17H33N3O/c1-3-8-17(13-18,9-4-2)16(21)19-14-7-11-20-10-5-6-15(20)12-14/h14-15H,3-13,18H2,1-2H3,(H,19,21). The van der Waals surface area contributed by atoms with E-state index in [-0.39, 0.29) is 11.3 Å². The number of hydrogen-bond donors (Lipinski definition) is 2. The van der Waals surface area contributed by atoms with E-state index < -0.39 is 0 Å². The average Bonchev–Trinajstić information content (AvgIpc) is 2.94. The zero-order valence-electron chi connectivity index (χ0n) is 13.9. The molecule has 2 fully saturated rings. The summed E-state index contributed by atoms with van der Waals surface area (Å²) in [6.07, 6.45) is 8.71. The van der Waals surface area contributed by atoms with E-state index in [9.17, 15) is 4.79 Å². The van der Waals surface area contributed by atoms with E-state index in [1.54, 1.807) is 0 Å². The van der Waals surface area contributed by atoms with Crippen LogP contribution in [-0.2, 0) is 4.79 Å². The lowest BCUT2D eigenvalue weighted by Crippen LogP contribution is -2.53. The van der Waals surface area contributed by atoms with Crippen LogP contribution < -0.4 is 11.1 Å². The summed E-state index contributed by atoms with van der Waals surface area (Å²) in [5.74, 6) is 0.213. The Hall–Kier alpha value is -0.610. The SMILES string of the molecule is CCCC(CN)(CCC)C(=O)NC1CCN2CCCC2C1. The maximum Gasteiger partial charge on any atom is 0.227 e. The zero-order chi connectivity index (χ0) is 15.3. The van der Waals surface area contributed by atoms with Crippen molar-refractivity contribution in [2.24, 2.45) is 11.1 Å². The summed E-state index contributed by atoms with van der Waals surface area (Å²) in [7, 11) is 0. The first-order valence-electron chi connectivity index (χ1n) is 8.90. The van der Waals surface area contributed by atoms with Crippen LogP contribution in [0.4, 0.5) is 0 Å². The van der Waals surface area contributed by atoms with Crippen LogP contribution in [0.5, 0.6) is 0 Å². The third-order valence-corrected chi connectivity index (χ3v) is 5.49. The predicted molar refractivity (Wildman–Crippen MR) is 87.1 cm³/mol. The van der Waals surface area contributed by atoms with Crippen LogP contribution in [0.15, 0.2) is 0 Å². The molecule has 0 aromatic heterocycles. The van der Waals surface area contributed by atoms with Gasteiger partial charge in [-0.2, -0.15) is 0 Å². The van der Waals surface area contributed by atoms with Crippen LogP contribution >= 0.6 is 0 Å². The third-order valence-electron chi connectivity index (χ3n) is 5.49. The molecule has 21 heavy (non-hydrogen) atoms. The maximum atomic E-state index is 12.8. The summed E-state index contributed by atoms with van der Waals surface area (Å²) in [5.41, 5.74) is 5.67. The fourth-order valence-electron chi connectivity index (χ4n) is 4.30. The van der Waals surface area contributed by atoms with E-state index in [1.165, 1.54) is 19.4 Å². The fourth-order valence-corrected chi connectivity index (χ4v) is 4.30. The van der Waals surface area contributed by atoms with Gasteiger partial charge in [0, 0.05) is 25.2 Å². The highest BCUT2D eigenvalue weighted by molar-refractivity contribution is 5.83. The number of piperidine rings is 1. The van der Waals surface area contributed by atoms with Crippen LogP contribution in [0.2, 0.25) is 0 Å². The molecule has 2 saturated heterocycles. The second-order valence-corrected chi connectivity index (χ2v) is 7.01. The number of nitrogens with one attached hydrogen (secondary N) is 1. The first-order valence-corrected chi connectivity index (χ1v) is 8.90. The summed E-state index contributed by atoms with van der Waals surface area (Å²) in [5, 5.41) is 3.35. The van der Waals surface area contributed by atoms with Gasteiger partial charge in [0.2, 0.25) is 5.91 Å². The maximum absolute atomic E-state index is 12.8. The van der Waals surface area contributed by atoms with E-state index in [2.05, 4.69) is 24.1 Å². The number of nitrogens with zero attached hydrogens (tertiary/aromatic N) is 1. The Bertz CT molecular complexity index is 339. The summed E-state index contributed by atoms with van der Waals surface area (Å²) >= 11 is 0. The molecule has 0 aromatic rings. The van der Waals surface area contributed by atoms with Gasteiger partial charge in [0.15, 0.2) is 0 Å². The molecule has 2 aliphatic heterocycles. The Balaban J connectivity index is 1.94. The van der Waals surface area contributed by atoms with Gasteiger partial charge in [0.25, 0.3) is 0 Å². The molecule has 0 aromatic carbocycles. The van der Waals surface area contributed by atoms with E-state index in [4.69, 9.17) is 5.73 Å².